The lowest BCUT2D eigenvalue weighted by atomic mass is 10.1. The highest BCUT2D eigenvalue weighted by Crippen LogP contribution is 2.29. The molecule has 4 rings (SSSR count). The first-order valence-electron chi connectivity index (χ1n) is 8.37. The summed E-state index contributed by atoms with van der Waals surface area (Å²) < 4.78 is 42.7. The minimum atomic E-state index is -4.43. The molecule has 29 heavy (non-hydrogen) atoms. The lowest BCUT2D eigenvalue weighted by Gasteiger charge is -2.08. The number of aromatic nitrogens is 7. The predicted octanol–water partition coefficient (Wildman–Crippen LogP) is 1.29. The number of benzene rings is 1. The first-order valence-corrected chi connectivity index (χ1v) is 8.37. The van der Waals surface area contributed by atoms with Crippen LogP contribution in [0.15, 0.2) is 40.1 Å². The standard InChI is InChI=1S/C17H14F3N7O2/c1-25-12-14(26(2)16(29)22-15(12)28)21-13(25)11-8-27(24-23-11)7-9-4-3-5-10(6-9)17(18,19)20/h3-6,8H,7H2,1-2H3,(H,22,28,29). The van der Waals surface area contributed by atoms with Gasteiger partial charge in [0.05, 0.1) is 18.3 Å². The van der Waals surface area contributed by atoms with Crippen LogP contribution in [0.4, 0.5) is 13.2 Å². The molecule has 3 heterocycles. The molecule has 4 aromatic rings. The number of hydrogen-bond acceptors (Lipinski definition) is 5. The van der Waals surface area contributed by atoms with Gasteiger partial charge in [-0.1, -0.05) is 17.3 Å². The van der Waals surface area contributed by atoms with Gasteiger partial charge >= 0.3 is 11.9 Å². The van der Waals surface area contributed by atoms with Crippen LogP contribution >= 0.6 is 0 Å². The Morgan fingerprint density at radius 2 is 1.90 bits per heavy atom. The number of fused-ring (bicyclic) bond motifs is 1. The Kier molecular flexibility index (Phi) is 4.14. The number of hydrogen-bond donors (Lipinski definition) is 1. The van der Waals surface area contributed by atoms with E-state index in [-0.39, 0.29) is 17.7 Å². The molecule has 0 aliphatic carbocycles. The van der Waals surface area contributed by atoms with Crippen LogP contribution in [-0.2, 0) is 26.8 Å². The molecule has 1 aromatic carbocycles. The van der Waals surface area contributed by atoms with Gasteiger partial charge in [0.15, 0.2) is 17.0 Å². The first-order chi connectivity index (χ1) is 13.6. The van der Waals surface area contributed by atoms with Crippen molar-refractivity contribution in [3.8, 4) is 11.5 Å². The van der Waals surface area contributed by atoms with Crippen LogP contribution in [0.1, 0.15) is 11.1 Å². The van der Waals surface area contributed by atoms with Gasteiger partial charge in [-0.3, -0.25) is 14.3 Å². The molecular formula is C17H14F3N7O2. The molecule has 0 saturated heterocycles. The van der Waals surface area contributed by atoms with Crippen molar-refractivity contribution in [3.63, 3.8) is 0 Å². The van der Waals surface area contributed by atoms with Gasteiger partial charge in [-0.15, -0.1) is 5.10 Å². The Bertz CT molecular complexity index is 1340. The van der Waals surface area contributed by atoms with Crippen LogP contribution in [-0.4, -0.2) is 34.1 Å². The van der Waals surface area contributed by atoms with Gasteiger partial charge in [0.1, 0.15) is 5.69 Å². The number of aryl methyl sites for hydroxylation is 2. The molecule has 1 N–H and O–H groups in total. The van der Waals surface area contributed by atoms with Crippen molar-refractivity contribution in [3.05, 3.63) is 62.4 Å². The third-order valence-corrected chi connectivity index (χ3v) is 4.50. The number of H-pyrrole nitrogens is 1. The van der Waals surface area contributed by atoms with Gasteiger partial charge in [-0.05, 0) is 17.7 Å². The summed E-state index contributed by atoms with van der Waals surface area (Å²) in [5.41, 5.74) is -0.840. The van der Waals surface area contributed by atoms with Crippen molar-refractivity contribution in [1.29, 1.82) is 0 Å². The Balaban J connectivity index is 1.71. The third kappa shape index (κ3) is 3.22. The summed E-state index contributed by atoms with van der Waals surface area (Å²) in [5.74, 6) is 0.294. The zero-order chi connectivity index (χ0) is 20.9. The largest absolute Gasteiger partial charge is 0.416 e. The molecule has 0 fully saturated rings. The molecule has 150 valence electrons. The highest BCUT2D eigenvalue weighted by Gasteiger charge is 2.30. The summed E-state index contributed by atoms with van der Waals surface area (Å²) in [4.78, 5) is 30.4. The molecular weight excluding hydrogens is 391 g/mol. The highest BCUT2D eigenvalue weighted by atomic mass is 19.4. The van der Waals surface area contributed by atoms with Crippen molar-refractivity contribution in [1.82, 2.24) is 34.1 Å². The monoisotopic (exact) mass is 405 g/mol. The van der Waals surface area contributed by atoms with Crippen molar-refractivity contribution in [2.24, 2.45) is 14.1 Å². The zero-order valence-electron chi connectivity index (χ0n) is 15.2. The number of nitrogens with one attached hydrogen (secondary N) is 1. The average Bonchev–Trinajstić information content (AvgIpc) is 3.24. The van der Waals surface area contributed by atoms with Crippen molar-refractivity contribution < 1.29 is 13.2 Å². The number of nitrogens with zero attached hydrogens (tertiary/aromatic N) is 6. The second kappa shape index (κ2) is 6.43. The van der Waals surface area contributed by atoms with Gasteiger partial charge in [0.25, 0.3) is 5.56 Å². The zero-order valence-corrected chi connectivity index (χ0v) is 15.2. The van der Waals surface area contributed by atoms with E-state index in [1.54, 1.807) is 13.1 Å². The van der Waals surface area contributed by atoms with E-state index in [2.05, 4.69) is 20.3 Å². The predicted molar refractivity (Wildman–Crippen MR) is 96.1 cm³/mol. The maximum Gasteiger partial charge on any atom is 0.416 e. The van der Waals surface area contributed by atoms with Crippen molar-refractivity contribution in [2.45, 2.75) is 12.7 Å². The van der Waals surface area contributed by atoms with Gasteiger partial charge in [0, 0.05) is 14.1 Å². The quantitative estimate of drug-likeness (QED) is 0.553. The molecule has 12 heteroatoms. The Labute approximate surface area is 160 Å². The second-order valence-corrected chi connectivity index (χ2v) is 6.48. The molecule has 0 aliphatic rings. The molecule has 0 unspecified atom stereocenters. The van der Waals surface area contributed by atoms with E-state index >= 15 is 0 Å². The summed E-state index contributed by atoms with van der Waals surface area (Å²) in [5, 5.41) is 7.93. The van der Waals surface area contributed by atoms with E-state index in [1.807, 2.05) is 0 Å². The molecule has 0 amide bonds. The van der Waals surface area contributed by atoms with Crippen LogP contribution in [0.2, 0.25) is 0 Å². The Morgan fingerprint density at radius 1 is 1.14 bits per heavy atom. The molecule has 0 aliphatic heterocycles. The van der Waals surface area contributed by atoms with E-state index < -0.39 is 23.0 Å². The van der Waals surface area contributed by atoms with E-state index in [0.717, 1.165) is 12.1 Å². The van der Waals surface area contributed by atoms with Gasteiger partial charge in [-0.25, -0.2) is 14.5 Å². The molecule has 3 aromatic heterocycles. The van der Waals surface area contributed by atoms with E-state index in [0.29, 0.717) is 17.1 Å². The fourth-order valence-corrected chi connectivity index (χ4v) is 3.05. The average molecular weight is 405 g/mol. The minimum Gasteiger partial charge on any atom is -0.320 e. The van der Waals surface area contributed by atoms with Crippen molar-refractivity contribution in [2.75, 3.05) is 0 Å². The molecule has 9 nitrogen and oxygen atoms in total. The highest BCUT2D eigenvalue weighted by molar-refractivity contribution is 5.75. The van der Waals surface area contributed by atoms with Gasteiger partial charge < -0.3 is 4.57 Å². The normalized spacial score (nSPS) is 12.0. The van der Waals surface area contributed by atoms with Crippen LogP contribution in [0, 0.1) is 0 Å². The van der Waals surface area contributed by atoms with E-state index in [4.69, 9.17) is 0 Å². The van der Waals surface area contributed by atoms with E-state index in [9.17, 15) is 22.8 Å². The fraction of sp³-hybridized carbons (Fsp3) is 0.235. The molecule has 0 spiro atoms. The number of aromatic amines is 1. The Morgan fingerprint density at radius 3 is 2.62 bits per heavy atom. The Hall–Kier alpha value is -3.70. The van der Waals surface area contributed by atoms with Crippen LogP contribution < -0.4 is 11.2 Å². The third-order valence-electron chi connectivity index (χ3n) is 4.50. The topological polar surface area (TPSA) is 103 Å². The lowest BCUT2D eigenvalue weighted by molar-refractivity contribution is -0.137. The van der Waals surface area contributed by atoms with Crippen molar-refractivity contribution >= 4 is 11.2 Å². The maximum absolute atomic E-state index is 12.9. The fourth-order valence-electron chi connectivity index (χ4n) is 3.05. The summed E-state index contributed by atoms with van der Waals surface area (Å²) in [7, 11) is 3.07. The van der Waals surface area contributed by atoms with E-state index in [1.165, 1.54) is 33.1 Å². The molecule has 0 radical (unpaired) electrons. The second-order valence-electron chi connectivity index (χ2n) is 6.48. The summed E-state index contributed by atoms with van der Waals surface area (Å²) in [6.45, 7) is 0.0694. The van der Waals surface area contributed by atoms with Gasteiger partial charge in [-0.2, -0.15) is 13.2 Å². The molecule has 0 bridgehead atoms. The SMILES string of the molecule is Cn1c(-c2cn(Cc3cccc(C(F)(F)F)c3)nn2)nc2c1c(=O)[nH]c(=O)n2C. The first kappa shape index (κ1) is 18.7. The van der Waals surface area contributed by atoms with Crippen LogP contribution in [0.3, 0.4) is 0 Å². The van der Waals surface area contributed by atoms with Crippen LogP contribution in [0.5, 0.6) is 0 Å². The number of imidazole rings is 1. The summed E-state index contributed by atoms with van der Waals surface area (Å²) in [6.07, 6.45) is -2.92. The number of alkyl halides is 3. The summed E-state index contributed by atoms with van der Waals surface area (Å²) in [6, 6.07) is 4.93. The smallest absolute Gasteiger partial charge is 0.320 e. The minimum absolute atomic E-state index is 0.0694. The number of rotatable bonds is 3. The summed E-state index contributed by atoms with van der Waals surface area (Å²) >= 11 is 0. The van der Waals surface area contributed by atoms with Gasteiger partial charge in [0.2, 0.25) is 0 Å². The maximum atomic E-state index is 12.9. The number of halogens is 3. The molecule has 0 saturated carbocycles. The molecule has 0 atom stereocenters. The van der Waals surface area contributed by atoms with Crippen LogP contribution in [0.25, 0.3) is 22.7 Å². The lowest BCUT2D eigenvalue weighted by Crippen LogP contribution is -2.29.